The first-order chi connectivity index (χ1) is 12.6. The summed E-state index contributed by atoms with van der Waals surface area (Å²) in [7, 11) is 0. The van der Waals surface area contributed by atoms with Gasteiger partial charge in [-0.25, -0.2) is 4.79 Å². The third-order valence-corrected chi connectivity index (χ3v) is 5.12. The molecule has 1 saturated heterocycles. The Bertz CT molecular complexity index is 733. The molecule has 0 aromatic heterocycles. The maximum absolute atomic E-state index is 11.9. The lowest BCUT2D eigenvalue weighted by atomic mass is 10.2. The molecule has 3 rings (SSSR count). The molecule has 0 spiro atoms. The molecule has 7 heteroatoms. The van der Waals surface area contributed by atoms with Crippen molar-refractivity contribution in [1.29, 1.82) is 0 Å². The van der Waals surface area contributed by atoms with E-state index < -0.39 is 0 Å². The Kier molecular flexibility index (Phi) is 6.77. The second kappa shape index (κ2) is 9.26. The van der Waals surface area contributed by atoms with Crippen LogP contribution in [0.5, 0.6) is 0 Å². The molecule has 0 saturated carbocycles. The quantitative estimate of drug-likeness (QED) is 0.742. The van der Waals surface area contributed by atoms with Crippen LogP contribution < -0.4 is 15.5 Å². The summed E-state index contributed by atoms with van der Waals surface area (Å²) in [6, 6.07) is 15.3. The maximum atomic E-state index is 11.9. The zero-order valence-electron chi connectivity index (χ0n) is 14.4. The van der Waals surface area contributed by atoms with Gasteiger partial charge in [-0.1, -0.05) is 33.6 Å². The van der Waals surface area contributed by atoms with Gasteiger partial charge in [-0.2, -0.15) is 0 Å². The van der Waals surface area contributed by atoms with E-state index in [4.69, 9.17) is 11.6 Å². The van der Waals surface area contributed by atoms with E-state index in [1.54, 1.807) is 12.1 Å². The van der Waals surface area contributed by atoms with E-state index in [2.05, 4.69) is 60.6 Å². The third kappa shape index (κ3) is 5.62. The van der Waals surface area contributed by atoms with Crippen LogP contribution in [0.25, 0.3) is 0 Å². The zero-order chi connectivity index (χ0) is 18.4. The van der Waals surface area contributed by atoms with Gasteiger partial charge in [0, 0.05) is 60.1 Å². The summed E-state index contributed by atoms with van der Waals surface area (Å²) in [5.41, 5.74) is 1.95. The summed E-state index contributed by atoms with van der Waals surface area (Å²) in [5, 5.41) is 6.29. The minimum Gasteiger partial charge on any atom is -0.369 e. The van der Waals surface area contributed by atoms with E-state index in [-0.39, 0.29) is 6.03 Å². The van der Waals surface area contributed by atoms with Crippen LogP contribution in [0.4, 0.5) is 16.2 Å². The first-order valence-corrected chi connectivity index (χ1v) is 9.80. The van der Waals surface area contributed by atoms with Crippen molar-refractivity contribution in [2.75, 3.05) is 49.5 Å². The number of nitrogens with one attached hydrogen (secondary N) is 2. The molecule has 2 N–H and O–H groups in total. The fourth-order valence-corrected chi connectivity index (χ4v) is 3.41. The average molecular weight is 438 g/mol. The molecule has 1 aliphatic rings. The summed E-state index contributed by atoms with van der Waals surface area (Å²) < 4.78 is 1.10. The summed E-state index contributed by atoms with van der Waals surface area (Å²) in [6.07, 6.45) is 0. The fourth-order valence-electron chi connectivity index (χ4n) is 2.95. The van der Waals surface area contributed by atoms with Gasteiger partial charge in [0.2, 0.25) is 0 Å². The minimum absolute atomic E-state index is 0.208. The van der Waals surface area contributed by atoms with Crippen LogP contribution >= 0.6 is 27.5 Å². The van der Waals surface area contributed by atoms with Crippen molar-refractivity contribution < 1.29 is 4.79 Å². The molecular formula is C19H22BrClN4O. The highest BCUT2D eigenvalue weighted by Gasteiger charge is 2.17. The smallest absolute Gasteiger partial charge is 0.319 e. The summed E-state index contributed by atoms with van der Waals surface area (Å²) in [6.45, 7) is 5.44. The number of amides is 2. The number of piperazine rings is 1. The minimum atomic E-state index is -0.208. The van der Waals surface area contributed by atoms with Gasteiger partial charge in [0.05, 0.1) is 0 Å². The van der Waals surface area contributed by atoms with E-state index >= 15 is 0 Å². The lowest BCUT2D eigenvalue weighted by Gasteiger charge is -2.36. The standard InChI is InChI=1S/C19H22BrClN4O/c20-15-4-6-18(7-5-15)25-12-10-24(11-13-25)9-8-22-19(26)23-17-3-1-2-16(21)14-17/h1-7,14H,8-13H2,(H2,22,23,26). The molecule has 0 bridgehead atoms. The molecule has 0 unspecified atom stereocenters. The van der Waals surface area contributed by atoms with Crippen molar-refractivity contribution in [1.82, 2.24) is 10.2 Å². The number of hydrogen-bond donors (Lipinski definition) is 2. The van der Waals surface area contributed by atoms with Crippen LogP contribution in [0, 0.1) is 0 Å². The highest BCUT2D eigenvalue weighted by atomic mass is 79.9. The molecule has 0 atom stereocenters. The topological polar surface area (TPSA) is 47.6 Å². The number of hydrogen-bond acceptors (Lipinski definition) is 3. The molecule has 138 valence electrons. The molecule has 1 aliphatic heterocycles. The number of halogens is 2. The number of anilines is 2. The fraction of sp³-hybridized carbons (Fsp3) is 0.316. The van der Waals surface area contributed by atoms with E-state index in [0.717, 1.165) is 37.2 Å². The Morgan fingerprint density at radius 1 is 1.08 bits per heavy atom. The van der Waals surface area contributed by atoms with Gasteiger partial charge in [0.1, 0.15) is 0 Å². The van der Waals surface area contributed by atoms with Gasteiger partial charge in [-0.05, 0) is 42.5 Å². The van der Waals surface area contributed by atoms with Crippen LogP contribution in [0.2, 0.25) is 5.02 Å². The van der Waals surface area contributed by atoms with E-state index in [0.29, 0.717) is 17.3 Å². The van der Waals surface area contributed by atoms with E-state index in [1.165, 1.54) is 5.69 Å². The Labute approximate surface area is 167 Å². The lowest BCUT2D eigenvalue weighted by Crippen LogP contribution is -2.48. The SMILES string of the molecule is O=C(NCCN1CCN(c2ccc(Br)cc2)CC1)Nc1cccc(Cl)c1. The number of benzene rings is 2. The van der Waals surface area contributed by atoms with Crippen LogP contribution in [-0.2, 0) is 0 Å². The zero-order valence-corrected chi connectivity index (χ0v) is 16.8. The second-order valence-corrected chi connectivity index (χ2v) is 7.55. The molecule has 2 aromatic carbocycles. The second-order valence-electron chi connectivity index (χ2n) is 6.20. The van der Waals surface area contributed by atoms with Crippen molar-refractivity contribution in [3.05, 3.63) is 58.0 Å². The molecule has 2 amide bonds. The lowest BCUT2D eigenvalue weighted by molar-refractivity contribution is 0.240. The number of rotatable bonds is 5. The van der Waals surface area contributed by atoms with Crippen LogP contribution in [0.3, 0.4) is 0 Å². The van der Waals surface area contributed by atoms with Crippen molar-refractivity contribution >= 4 is 44.9 Å². The maximum Gasteiger partial charge on any atom is 0.319 e. The Morgan fingerprint density at radius 3 is 2.50 bits per heavy atom. The molecule has 0 aliphatic carbocycles. The number of carbonyl (C=O) groups is 1. The highest BCUT2D eigenvalue weighted by Crippen LogP contribution is 2.19. The number of carbonyl (C=O) groups excluding carboxylic acids is 1. The first-order valence-electron chi connectivity index (χ1n) is 8.63. The molecule has 2 aromatic rings. The Morgan fingerprint density at radius 2 is 1.81 bits per heavy atom. The van der Waals surface area contributed by atoms with Crippen molar-refractivity contribution in [3.8, 4) is 0 Å². The van der Waals surface area contributed by atoms with E-state index in [9.17, 15) is 4.79 Å². The number of nitrogens with zero attached hydrogens (tertiary/aromatic N) is 2. The summed E-state index contributed by atoms with van der Waals surface area (Å²) in [4.78, 5) is 16.7. The van der Waals surface area contributed by atoms with Crippen LogP contribution in [0.1, 0.15) is 0 Å². The van der Waals surface area contributed by atoms with Crippen molar-refractivity contribution in [2.24, 2.45) is 0 Å². The van der Waals surface area contributed by atoms with Gasteiger partial charge in [0.25, 0.3) is 0 Å². The molecule has 5 nitrogen and oxygen atoms in total. The van der Waals surface area contributed by atoms with E-state index in [1.807, 2.05) is 12.1 Å². The van der Waals surface area contributed by atoms with Crippen LogP contribution in [0.15, 0.2) is 53.0 Å². The molecular weight excluding hydrogens is 416 g/mol. The molecule has 0 radical (unpaired) electrons. The summed E-state index contributed by atoms with van der Waals surface area (Å²) in [5.74, 6) is 0. The Hall–Kier alpha value is -1.76. The van der Waals surface area contributed by atoms with Gasteiger partial charge in [-0.15, -0.1) is 0 Å². The third-order valence-electron chi connectivity index (χ3n) is 4.36. The predicted molar refractivity (Wildman–Crippen MR) is 111 cm³/mol. The monoisotopic (exact) mass is 436 g/mol. The summed E-state index contributed by atoms with van der Waals surface area (Å²) >= 11 is 9.38. The van der Waals surface area contributed by atoms with Crippen molar-refractivity contribution in [3.63, 3.8) is 0 Å². The van der Waals surface area contributed by atoms with Gasteiger partial charge >= 0.3 is 6.03 Å². The normalized spacial score (nSPS) is 14.9. The van der Waals surface area contributed by atoms with Crippen LogP contribution in [-0.4, -0.2) is 50.2 Å². The van der Waals surface area contributed by atoms with Crippen molar-refractivity contribution in [2.45, 2.75) is 0 Å². The highest BCUT2D eigenvalue weighted by molar-refractivity contribution is 9.10. The average Bonchev–Trinajstić information content (AvgIpc) is 2.63. The molecule has 1 fully saturated rings. The predicted octanol–water partition coefficient (Wildman–Crippen LogP) is 4.05. The van der Waals surface area contributed by atoms with Gasteiger partial charge in [-0.3, -0.25) is 4.90 Å². The van der Waals surface area contributed by atoms with Gasteiger partial charge in [0.15, 0.2) is 0 Å². The first kappa shape index (κ1) is 19.0. The molecule has 26 heavy (non-hydrogen) atoms. The Balaban J connectivity index is 1.36. The number of urea groups is 1. The largest absolute Gasteiger partial charge is 0.369 e. The van der Waals surface area contributed by atoms with Gasteiger partial charge < -0.3 is 15.5 Å². The molecule has 1 heterocycles.